The van der Waals surface area contributed by atoms with Gasteiger partial charge >= 0.3 is 0 Å². The topological polar surface area (TPSA) is 154 Å². The van der Waals surface area contributed by atoms with Crippen LogP contribution in [-0.4, -0.2) is 102 Å². The molecule has 0 radical (unpaired) electrons. The van der Waals surface area contributed by atoms with Crippen molar-refractivity contribution in [3.63, 3.8) is 0 Å². The third-order valence-electron chi connectivity index (χ3n) is 14.1. The van der Waals surface area contributed by atoms with E-state index in [4.69, 9.17) is 16.3 Å². The van der Waals surface area contributed by atoms with Crippen LogP contribution in [0.3, 0.4) is 0 Å². The summed E-state index contributed by atoms with van der Waals surface area (Å²) in [6, 6.07) is 20.8. The highest BCUT2D eigenvalue weighted by Gasteiger charge is 2.64. The minimum atomic E-state index is -0.621. The molecule has 4 aromatic rings. The number of hydrogen-bond acceptors (Lipinski definition) is 9. The average Bonchev–Trinajstić information content (AvgIpc) is 3.77. The van der Waals surface area contributed by atoms with Gasteiger partial charge < -0.3 is 29.7 Å². The van der Waals surface area contributed by atoms with Crippen molar-refractivity contribution in [1.29, 1.82) is 5.26 Å². The second-order valence-electron chi connectivity index (χ2n) is 18.7. The van der Waals surface area contributed by atoms with Crippen LogP contribution in [0.1, 0.15) is 85.4 Å². The molecule has 1 unspecified atom stereocenters. The first-order valence-corrected chi connectivity index (χ1v) is 21.9. The fraction of sp³-hybridized carbons (Fsp3) is 0.468. The number of carbonyl (C=O) groups is 4. The molecule has 4 aliphatic heterocycles. The predicted molar refractivity (Wildman–Crippen MR) is 234 cm³/mol. The highest BCUT2D eigenvalue weighted by molar-refractivity contribution is 6.31. The molecular formula is C47H53ClN8O5. The summed E-state index contributed by atoms with van der Waals surface area (Å²) in [5, 5.41) is 16.3. The van der Waals surface area contributed by atoms with Crippen LogP contribution >= 0.6 is 11.6 Å². The fourth-order valence-electron chi connectivity index (χ4n) is 11.0. The first-order chi connectivity index (χ1) is 29.2. The molecule has 1 aliphatic carbocycles. The number of aromatic amines is 1. The number of hydrogen-bond donors (Lipinski definition) is 3. The largest absolute Gasteiger partial charge is 0.489 e. The number of halogens is 1. The maximum Gasteiger partial charge on any atom is 0.271 e. The first kappa shape index (κ1) is 40.8. The molecule has 9 rings (SSSR count). The van der Waals surface area contributed by atoms with Gasteiger partial charge in [0.2, 0.25) is 11.8 Å². The molecular weight excluding hydrogens is 792 g/mol. The number of ether oxygens (including phenoxy) is 1. The molecule has 5 aliphatic rings. The Bertz CT molecular complexity index is 2420. The lowest BCUT2D eigenvalue weighted by Gasteiger charge is -2.63. The monoisotopic (exact) mass is 844 g/mol. The molecule has 4 fully saturated rings. The van der Waals surface area contributed by atoms with Crippen LogP contribution in [0.15, 0.2) is 60.7 Å². The van der Waals surface area contributed by atoms with Crippen LogP contribution in [0.25, 0.3) is 10.9 Å². The standard InChI is InChI=1S/C47H53ClN8O5/c1-46(2)44(47(3,4)45(46)61-33-11-7-30(25-49)36(48)24-33)52-41(58)29-5-8-31(9-6-29)54-17-15-28(16-18-54)26-53-19-21-55(22-20-53)32-10-12-34-35-27-56(38-13-14-39(57)51-42(38)59)43(60)40(35)50-37(34)23-32/h5-12,23-24,28,38,44-45,50H,13-22,26-27H2,1-4H3,(H,52,58)(H,51,57,59). The average molecular weight is 845 g/mol. The SMILES string of the molecule is CC1(C)C(NC(=O)c2ccc(N3CCC(CN4CCN(c5ccc6c7c([nH]c6c5)C(=O)N(C5CCC(=O)NC5=O)C7)CC4)CC3)cc2)C(C)(C)C1Oc1ccc(C#N)c(Cl)c1. The minimum Gasteiger partial charge on any atom is -0.489 e. The Morgan fingerprint density at radius 3 is 2.25 bits per heavy atom. The normalized spacial score (nSPS) is 24.0. The predicted octanol–water partition coefficient (Wildman–Crippen LogP) is 6.10. The van der Waals surface area contributed by atoms with Gasteiger partial charge in [0.1, 0.15) is 29.7 Å². The summed E-state index contributed by atoms with van der Waals surface area (Å²) in [7, 11) is 0. The number of carbonyl (C=O) groups excluding carboxylic acids is 4. The molecule has 1 saturated carbocycles. The number of amides is 4. The van der Waals surface area contributed by atoms with E-state index in [2.05, 4.69) is 94.4 Å². The molecule has 4 amide bonds. The third-order valence-corrected chi connectivity index (χ3v) is 14.4. The number of anilines is 2. The molecule has 1 atom stereocenters. The number of aromatic nitrogens is 1. The lowest BCUT2D eigenvalue weighted by atomic mass is 9.49. The van der Waals surface area contributed by atoms with Crippen LogP contribution in [0.2, 0.25) is 5.02 Å². The van der Waals surface area contributed by atoms with Gasteiger partial charge in [0, 0.05) is 115 Å². The van der Waals surface area contributed by atoms with Crippen LogP contribution in [0.5, 0.6) is 5.75 Å². The van der Waals surface area contributed by atoms with Gasteiger partial charge in [-0.25, -0.2) is 0 Å². The molecule has 14 heteroatoms. The van der Waals surface area contributed by atoms with E-state index in [0.717, 1.165) is 86.5 Å². The van der Waals surface area contributed by atoms with Crippen molar-refractivity contribution in [2.45, 2.75) is 78.1 Å². The Labute approximate surface area is 361 Å². The van der Waals surface area contributed by atoms with Crippen molar-refractivity contribution in [2.75, 3.05) is 55.6 Å². The van der Waals surface area contributed by atoms with Crippen molar-refractivity contribution in [3.8, 4) is 11.8 Å². The number of nitrogens with zero attached hydrogens (tertiary/aromatic N) is 5. The van der Waals surface area contributed by atoms with Gasteiger partial charge in [-0.3, -0.25) is 29.4 Å². The van der Waals surface area contributed by atoms with Gasteiger partial charge in [-0.1, -0.05) is 45.4 Å². The van der Waals surface area contributed by atoms with Crippen molar-refractivity contribution >= 4 is 57.5 Å². The number of benzene rings is 3. The van der Waals surface area contributed by atoms with E-state index in [9.17, 15) is 24.4 Å². The summed E-state index contributed by atoms with van der Waals surface area (Å²) < 4.78 is 6.40. The van der Waals surface area contributed by atoms with Crippen molar-refractivity contribution in [1.82, 2.24) is 25.4 Å². The maximum atomic E-state index is 13.5. The second kappa shape index (κ2) is 15.7. The Morgan fingerprint density at radius 1 is 0.885 bits per heavy atom. The molecule has 3 N–H and O–H groups in total. The van der Waals surface area contributed by atoms with E-state index in [0.29, 0.717) is 46.5 Å². The van der Waals surface area contributed by atoms with E-state index in [1.807, 2.05) is 12.1 Å². The van der Waals surface area contributed by atoms with E-state index >= 15 is 0 Å². The molecule has 318 valence electrons. The first-order valence-electron chi connectivity index (χ1n) is 21.5. The Hall–Kier alpha value is -5.58. The summed E-state index contributed by atoms with van der Waals surface area (Å²) in [5.41, 5.74) is 5.03. The zero-order valence-electron chi connectivity index (χ0n) is 35.2. The van der Waals surface area contributed by atoms with E-state index in [1.54, 1.807) is 23.1 Å². The molecule has 5 heterocycles. The molecule has 13 nitrogen and oxygen atoms in total. The van der Waals surface area contributed by atoms with Gasteiger partial charge in [0.15, 0.2) is 0 Å². The Kier molecular flexibility index (Phi) is 10.5. The van der Waals surface area contributed by atoms with Gasteiger partial charge in [-0.15, -0.1) is 0 Å². The highest BCUT2D eigenvalue weighted by atomic mass is 35.5. The quantitative estimate of drug-likeness (QED) is 0.170. The van der Waals surface area contributed by atoms with Crippen molar-refractivity contribution in [2.24, 2.45) is 16.7 Å². The third kappa shape index (κ3) is 7.48. The Balaban J connectivity index is 0.727. The number of piperazine rings is 1. The van der Waals surface area contributed by atoms with Crippen molar-refractivity contribution in [3.05, 3.63) is 88.1 Å². The zero-order chi connectivity index (χ0) is 42.8. The van der Waals surface area contributed by atoms with E-state index < -0.39 is 11.9 Å². The van der Waals surface area contributed by atoms with Crippen LogP contribution in [-0.2, 0) is 16.1 Å². The molecule has 61 heavy (non-hydrogen) atoms. The molecule has 3 aromatic carbocycles. The summed E-state index contributed by atoms with van der Waals surface area (Å²) >= 11 is 6.26. The summed E-state index contributed by atoms with van der Waals surface area (Å²) in [6.45, 7) is 15.7. The number of rotatable bonds is 9. The molecule has 0 bridgehead atoms. The van der Waals surface area contributed by atoms with Crippen LogP contribution < -0.4 is 25.2 Å². The van der Waals surface area contributed by atoms with Gasteiger partial charge in [0.05, 0.1) is 10.6 Å². The number of imide groups is 1. The smallest absolute Gasteiger partial charge is 0.271 e. The van der Waals surface area contributed by atoms with Crippen molar-refractivity contribution < 1.29 is 23.9 Å². The summed E-state index contributed by atoms with van der Waals surface area (Å²) in [5.74, 6) is 0.279. The maximum absolute atomic E-state index is 13.5. The highest BCUT2D eigenvalue weighted by Crippen LogP contribution is 2.55. The van der Waals surface area contributed by atoms with Gasteiger partial charge in [-0.2, -0.15) is 5.26 Å². The molecule has 1 aromatic heterocycles. The lowest BCUT2D eigenvalue weighted by Crippen LogP contribution is -2.74. The van der Waals surface area contributed by atoms with Crippen LogP contribution in [0.4, 0.5) is 11.4 Å². The molecule has 0 spiro atoms. The fourth-order valence-corrected chi connectivity index (χ4v) is 11.2. The number of H-pyrrole nitrogens is 1. The minimum absolute atomic E-state index is 0.0962. The van der Waals surface area contributed by atoms with Gasteiger partial charge in [-0.05, 0) is 73.7 Å². The summed E-state index contributed by atoms with van der Waals surface area (Å²) in [4.78, 5) is 63.3. The second-order valence-corrected chi connectivity index (χ2v) is 19.1. The van der Waals surface area contributed by atoms with Crippen LogP contribution in [0, 0.1) is 28.1 Å². The Morgan fingerprint density at radius 2 is 1.57 bits per heavy atom. The lowest BCUT2D eigenvalue weighted by molar-refractivity contribution is -0.164. The summed E-state index contributed by atoms with van der Waals surface area (Å²) in [6.07, 6.45) is 2.67. The number of nitrogens with one attached hydrogen (secondary N) is 3. The number of fused-ring (bicyclic) bond motifs is 3. The van der Waals surface area contributed by atoms with Gasteiger partial charge in [0.25, 0.3) is 11.8 Å². The number of nitriles is 1. The van der Waals surface area contributed by atoms with E-state index in [-0.39, 0.29) is 47.1 Å². The van der Waals surface area contributed by atoms with E-state index in [1.165, 1.54) is 0 Å². The molecule has 3 saturated heterocycles. The zero-order valence-corrected chi connectivity index (χ0v) is 36.0. The number of piperidine rings is 2.